The first-order chi connectivity index (χ1) is 14.3. The van der Waals surface area contributed by atoms with Crippen LogP contribution in [0, 0.1) is 6.92 Å². The summed E-state index contributed by atoms with van der Waals surface area (Å²) >= 11 is 6.64. The number of rotatable bonds is 4. The van der Waals surface area contributed by atoms with Gasteiger partial charge in [0.2, 0.25) is 0 Å². The van der Waals surface area contributed by atoms with Gasteiger partial charge in [-0.2, -0.15) is 0 Å². The fourth-order valence-electron chi connectivity index (χ4n) is 3.80. The smallest absolute Gasteiger partial charge is 0.339 e. The molecule has 1 aliphatic heterocycles. The van der Waals surface area contributed by atoms with Gasteiger partial charge >= 0.3 is 5.97 Å². The molecule has 0 saturated heterocycles. The zero-order chi connectivity index (χ0) is 21.6. The van der Waals surface area contributed by atoms with E-state index < -0.39 is 12.1 Å². The second kappa shape index (κ2) is 7.58. The predicted molar refractivity (Wildman–Crippen MR) is 118 cm³/mol. The number of fused-ring (bicyclic) bond motifs is 1. The molecule has 5 nitrogen and oxygen atoms in total. The van der Waals surface area contributed by atoms with Gasteiger partial charge in [-0.05, 0) is 36.8 Å². The van der Waals surface area contributed by atoms with Gasteiger partial charge < -0.3 is 19.5 Å². The monoisotopic (exact) mass is 423 g/mol. The summed E-state index contributed by atoms with van der Waals surface area (Å²) in [5.41, 5.74) is 4.55. The van der Waals surface area contributed by atoms with Crippen molar-refractivity contribution in [2.75, 3.05) is 26.1 Å². The molecule has 0 saturated carbocycles. The molecule has 3 aromatic carbocycles. The van der Waals surface area contributed by atoms with E-state index in [9.17, 15) is 9.90 Å². The van der Waals surface area contributed by atoms with E-state index in [0.29, 0.717) is 33.0 Å². The number of hydrogen-bond acceptors (Lipinski definition) is 5. The van der Waals surface area contributed by atoms with E-state index in [-0.39, 0.29) is 5.75 Å². The van der Waals surface area contributed by atoms with Crippen LogP contribution in [0.2, 0.25) is 5.02 Å². The first kappa shape index (κ1) is 20.1. The zero-order valence-electron chi connectivity index (χ0n) is 17.2. The van der Waals surface area contributed by atoms with E-state index in [0.717, 1.165) is 16.8 Å². The lowest BCUT2D eigenvalue weighted by atomic mass is 9.92. The van der Waals surface area contributed by atoms with Crippen molar-refractivity contribution >= 4 is 23.3 Å². The van der Waals surface area contributed by atoms with Crippen molar-refractivity contribution in [1.82, 2.24) is 0 Å². The number of aryl methyl sites for hydroxylation is 1. The molecular formula is C24H22ClNO4. The van der Waals surface area contributed by atoms with Gasteiger partial charge in [0.15, 0.2) is 6.10 Å². The molecule has 1 N–H and O–H groups in total. The first-order valence-corrected chi connectivity index (χ1v) is 9.88. The quantitative estimate of drug-likeness (QED) is 0.573. The summed E-state index contributed by atoms with van der Waals surface area (Å²) in [5, 5.41) is 11.7. The summed E-state index contributed by atoms with van der Waals surface area (Å²) in [7, 11) is 5.46. The van der Waals surface area contributed by atoms with Gasteiger partial charge in [0.25, 0.3) is 0 Å². The maximum Gasteiger partial charge on any atom is 0.339 e. The number of carbonyl (C=O) groups excluding carboxylic acids is 1. The van der Waals surface area contributed by atoms with Crippen molar-refractivity contribution in [3.8, 4) is 22.6 Å². The number of ether oxygens (including phenoxy) is 2. The average Bonchev–Trinajstić information content (AvgIpc) is 3.07. The first-order valence-electron chi connectivity index (χ1n) is 9.51. The summed E-state index contributed by atoms with van der Waals surface area (Å²) in [6, 6.07) is 14.6. The van der Waals surface area contributed by atoms with E-state index in [1.165, 1.54) is 0 Å². The summed E-state index contributed by atoms with van der Waals surface area (Å²) in [4.78, 5) is 14.3. The minimum Gasteiger partial charge on any atom is -0.507 e. The molecule has 1 heterocycles. The normalized spacial score (nSPS) is 15.0. The minimum atomic E-state index is -0.699. The molecule has 0 amide bonds. The van der Waals surface area contributed by atoms with Crippen molar-refractivity contribution < 1.29 is 19.4 Å². The van der Waals surface area contributed by atoms with Crippen LogP contribution in [-0.4, -0.2) is 32.3 Å². The van der Waals surface area contributed by atoms with Gasteiger partial charge in [0, 0.05) is 48.1 Å². The highest BCUT2D eigenvalue weighted by molar-refractivity contribution is 6.34. The third-order valence-electron chi connectivity index (χ3n) is 5.39. The van der Waals surface area contributed by atoms with Crippen molar-refractivity contribution in [1.29, 1.82) is 0 Å². The number of benzene rings is 3. The largest absolute Gasteiger partial charge is 0.507 e. The molecule has 4 rings (SSSR count). The lowest BCUT2D eigenvalue weighted by molar-refractivity contribution is 0.0453. The molecule has 3 aromatic rings. The molecule has 0 radical (unpaired) electrons. The number of methoxy groups -OCH3 is 1. The van der Waals surface area contributed by atoms with Gasteiger partial charge in [0.05, 0.1) is 17.7 Å². The van der Waals surface area contributed by atoms with Gasteiger partial charge in [-0.25, -0.2) is 4.79 Å². The van der Waals surface area contributed by atoms with Crippen LogP contribution in [-0.2, 0) is 4.74 Å². The topological polar surface area (TPSA) is 59.0 Å². The van der Waals surface area contributed by atoms with E-state index in [2.05, 4.69) is 0 Å². The Morgan fingerprint density at radius 1 is 1.07 bits per heavy atom. The van der Waals surface area contributed by atoms with Gasteiger partial charge in [-0.1, -0.05) is 29.8 Å². The van der Waals surface area contributed by atoms with Crippen LogP contribution in [0.5, 0.6) is 11.5 Å². The van der Waals surface area contributed by atoms with Crippen LogP contribution in [0.3, 0.4) is 0 Å². The number of phenols is 1. The SMILES string of the molecule is COc1cc(N(C)C)ccc1-c1c(O)c(C2OC(=O)c3ccccc32)cc(C)c1Cl. The van der Waals surface area contributed by atoms with Crippen LogP contribution >= 0.6 is 11.6 Å². The second-order valence-electron chi connectivity index (χ2n) is 7.47. The van der Waals surface area contributed by atoms with Crippen molar-refractivity contribution in [2.24, 2.45) is 0 Å². The molecule has 30 heavy (non-hydrogen) atoms. The maximum atomic E-state index is 12.3. The van der Waals surface area contributed by atoms with Crippen LogP contribution in [0.25, 0.3) is 11.1 Å². The molecule has 6 heteroatoms. The third-order valence-corrected chi connectivity index (χ3v) is 5.88. The molecule has 1 aliphatic rings. The van der Waals surface area contributed by atoms with Crippen molar-refractivity contribution in [2.45, 2.75) is 13.0 Å². The average molecular weight is 424 g/mol. The Morgan fingerprint density at radius 3 is 2.50 bits per heavy atom. The molecule has 0 bridgehead atoms. The third kappa shape index (κ3) is 3.15. The maximum absolute atomic E-state index is 12.3. The van der Waals surface area contributed by atoms with E-state index in [1.807, 2.05) is 56.3 Å². The minimum absolute atomic E-state index is 0.0315. The van der Waals surface area contributed by atoms with Gasteiger partial charge in [-0.3, -0.25) is 0 Å². The Kier molecular flexibility index (Phi) is 5.08. The molecule has 1 atom stereocenters. The van der Waals surface area contributed by atoms with Crippen LogP contribution < -0.4 is 9.64 Å². The summed E-state index contributed by atoms with van der Waals surface area (Å²) in [6.07, 6.45) is -0.699. The number of carbonyl (C=O) groups is 1. The summed E-state index contributed by atoms with van der Waals surface area (Å²) in [5.74, 6) is 0.145. The number of anilines is 1. The standard InChI is InChI=1S/C24H22ClNO4/c1-13-11-18(23-15-7-5-6-8-16(15)24(28)30-23)22(27)20(21(13)25)17-10-9-14(26(2)3)12-19(17)29-4/h5-12,23,27H,1-4H3. The number of esters is 1. The zero-order valence-corrected chi connectivity index (χ0v) is 17.9. The summed E-state index contributed by atoms with van der Waals surface area (Å²) in [6.45, 7) is 1.86. The van der Waals surface area contributed by atoms with Crippen molar-refractivity contribution in [3.05, 3.63) is 75.8 Å². The molecule has 154 valence electrons. The molecule has 0 spiro atoms. The highest BCUT2D eigenvalue weighted by Gasteiger charge is 2.35. The van der Waals surface area contributed by atoms with Gasteiger partial charge in [0.1, 0.15) is 11.5 Å². The number of halogens is 1. The highest BCUT2D eigenvalue weighted by Crippen LogP contribution is 2.49. The lowest BCUT2D eigenvalue weighted by Crippen LogP contribution is -2.08. The number of hydrogen-bond donors (Lipinski definition) is 1. The van der Waals surface area contributed by atoms with E-state index >= 15 is 0 Å². The van der Waals surface area contributed by atoms with Crippen LogP contribution in [0.1, 0.15) is 33.2 Å². The highest BCUT2D eigenvalue weighted by atomic mass is 35.5. The van der Waals surface area contributed by atoms with Crippen LogP contribution in [0.15, 0.2) is 48.5 Å². The predicted octanol–water partition coefficient (Wildman–Crippen LogP) is 5.36. The fourth-order valence-corrected chi connectivity index (χ4v) is 4.04. The summed E-state index contributed by atoms with van der Waals surface area (Å²) < 4.78 is 11.2. The lowest BCUT2D eigenvalue weighted by Gasteiger charge is -2.21. The molecule has 0 aromatic heterocycles. The van der Waals surface area contributed by atoms with E-state index in [4.69, 9.17) is 21.1 Å². The number of cyclic esters (lactones) is 1. The Hall–Kier alpha value is -3.18. The van der Waals surface area contributed by atoms with Crippen molar-refractivity contribution in [3.63, 3.8) is 0 Å². The Balaban J connectivity index is 1.93. The molecule has 1 unspecified atom stereocenters. The van der Waals surface area contributed by atoms with E-state index in [1.54, 1.807) is 25.3 Å². The molecule has 0 fully saturated rings. The van der Waals surface area contributed by atoms with Gasteiger partial charge in [-0.15, -0.1) is 0 Å². The number of phenolic OH excluding ortho intramolecular Hbond substituents is 1. The second-order valence-corrected chi connectivity index (χ2v) is 7.85. The fraction of sp³-hybridized carbons (Fsp3) is 0.208. The molecule has 0 aliphatic carbocycles. The number of nitrogens with zero attached hydrogens (tertiary/aromatic N) is 1. The van der Waals surface area contributed by atoms with Crippen LogP contribution in [0.4, 0.5) is 5.69 Å². The Morgan fingerprint density at radius 2 is 1.80 bits per heavy atom. The Labute approximate surface area is 180 Å². The number of aromatic hydroxyl groups is 1. The molecular weight excluding hydrogens is 402 g/mol. The Bertz CT molecular complexity index is 1160.